The second-order valence-electron chi connectivity index (χ2n) is 4.51. The van der Waals surface area contributed by atoms with Gasteiger partial charge in [-0.05, 0) is 5.56 Å². The zero-order valence-corrected chi connectivity index (χ0v) is 9.03. The second kappa shape index (κ2) is 4.58. The normalized spacial score (nSPS) is 14.0. The van der Waals surface area contributed by atoms with Crippen LogP contribution in [0.4, 0.5) is 0 Å². The summed E-state index contributed by atoms with van der Waals surface area (Å²) in [5, 5.41) is 9.62. The summed E-state index contributed by atoms with van der Waals surface area (Å²) >= 11 is 0. The maximum Gasteiger partial charge on any atom is 0.159 e. The molecule has 1 atom stereocenters. The molecular weight excluding hydrogens is 176 g/mol. The molecule has 0 aliphatic heterocycles. The number of benzene rings is 1. The van der Waals surface area contributed by atoms with Gasteiger partial charge in [0.1, 0.15) is 0 Å². The smallest absolute Gasteiger partial charge is 0.159 e. The van der Waals surface area contributed by atoms with Gasteiger partial charge in [0.25, 0.3) is 0 Å². The SMILES string of the molecule is CC(C)(C)C(O)OCc1ccccc1. The van der Waals surface area contributed by atoms with E-state index in [0.29, 0.717) is 6.61 Å². The minimum atomic E-state index is -0.720. The number of aliphatic hydroxyl groups excluding tert-OH is 1. The standard InChI is InChI=1S/C12H18O2/c1-12(2,3)11(13)14-9-10-7-5-4-6-8-10/h4-8,11,13H,9H2,1-3H3. The Morgan fingerprint density at radius 2 is 1.79 bits per heavy atom. The van der Waals surface area contributed by atoms with Gasteiger partial charge in [0, 0.05) is 5.41 Å². The first-order valence-corrected chi connectivity index (χ1v) is 4.84. The fourth-order valence-corrected chi connectivity index (χ4v) is 0.999. The Balaban J connectivity index is 2.42. The maximum absolute atomic E-state index is 9.62. The van der Waals surface area contributed by atoms with Crippen LogP contribution in [0.1, 0.15) is 26.3 Å². The summed E-state index contributed by atoms with van der Waals surface area (Å²) in [6.45, 7) is 6.30. The molecule has 0 amide bonds. The van der Waals surface area contributed by atoms with Crippen LogP contribution in [0.15, 0.2) is 30.3 Å². The molecule has 0 aliphatic rings. The topological polar surface area (TPSA) is 29.5 Å². The molecule has 1 aromatic rings. The molecule has 1 N–H and O–H groups in total. The first-order chi connectivity index (χ1) is 6.50. The third-order valence-corrected chi connectivity index (χ3v) is 1.99. The van der Waals surface area contributed by atoms with Crippen LogP contribution in [0.3, 0.4) is 0 Å². The molecule has 0 spiro atoms. The summed E-state index contributed by atoms with van der Waals surface area (Å²) in [7, 11) is 0. The van der Waals surface area contributed by atoms with Gasteiger partial charge in [-0.2, -0.15) is 0 Å². The Morgan fingerprint density at radius 3 is 2.29 bits per heavy atom. The van der Waals surface area contributed by atoms with Crippen molar-refractivity contribution < 1.29 is 9.84 Å². The lowest BCUT2D eigenvalue weighted by Crippen LogP contribution is -2.28. The van der Waals surface area contributed by atoms with E-state index in [9.17, 15) is 5.11 Å². The fourth-order valence-electron chi connectivity index (χ4n) is 0.999. The molecular formula is C12H18O2. The second-order valence-corrected chi connectivity index (χ2v) is 4.51. The molecule has 0 bridgehead atoms. The van der Waals surface area contributed by atoms with E-state index < -0.39 is 6.29 Å². The van der Waals surface area contributed by atoms with Gasteiger partial charge in [0.05, 0.1) is 6.61 Å². The molecule has 0 aliphatic carbocycles. The van der Waals surface area contributed by atoms with Crippen LogP contribution in [0.5, 0.6) is 0 Å². The van der Waals surface area contributed by atoms with Crippen molar-refractivity contribution in [2.24, 2.45) is 5.41 Å². The Hall–Kier alpha value is -0.860. The van der Waals surface area contributed by atoms with Crippen LogP contribution in [-0.4, -0.2) is 11.4 Å². The van der Waals surface area contributed by atoms with Crippen molar-refractivity contribution in [1.29, 1.82) is 0 Å². The van der Waals surface area contributed by atoms with Crippen LogP contribution < -0.4 is 0 Å². The molecule has 1 aromatic carbocycles. The zero-order valence-electron chi connectivity index (χ0n) is 9.03. The van der Waals surface area contributed by atoms with Crippen molar-refractivity contribution in [3.8, 4) is 0 Å². The van der Waals surface area contributed by atoms with Crippen molar-refractivity contribution in [3.63, 3.8) is 0 Å². The quantitative estimate of drug-likeness (QED) is 0.749. The van der Waals surface area contributed by atoms with Crippen molar-refractivity contribution in [3.05, 3.63) is 35.9 Å². The predicted octanol–water partition coefficient (Wildman–Crippen LogP) is 2.57. The van der Waals surface area contributed by atoms with Crippen molar-refractivity contribution in [1.82, 2.24) is 0 Å². The van der Waals surface area contributed by atoms with E-state index in [2.05, 4.69) is 0 Å². The molecule has 1 rings (SSSR count). The molecule has 0 fully saturated rings. The lowest BCUT2D eigenvalue weighted by Gasteiger charge is -2.25. The van der Waals surface area contributed by atoms with Crippen molar-refractivity contribution in [2.75, 3.05) is 0 Å². The third kappa shape index (κ3) is 3.48. The van der Waals surface area contributed by atoms with E-state index in [1.807, 2.05) is 51.1 Å². The minimum absolute atomic E-state index is 0.227. The van der Waals surface area contributed by atoms with Gasteiger partial charge in [-0.3, -0.25) is 0 Å². The van der Waals surface area contributed by atoms with E-state index in [-0.39, 0.29) is 5.41 Å². The first-order valence-electron chi connectivity index (χ1n) is 4.84. The van der Waals surface area contributed by atoms with Gasteiger partial charge in [-0.1, -0.05) is 51.1 Å². The Morgan fingerprint density at radius 1 is 1.21 bits per heavy atom. The highest BCUT2D eigenvalue weighted by Gasteiger charge is 2.22. The number of ether oxygens (including phenoxy) is 1. The van der Waals surface area contributed by atoms with Crippen molar-refractivity contribution in [2.45, 2.75) is 33.7 Å². The van der Waals surface area contributed by atoms with Gasteiger partial charge in [0.2, 0.25) is 0 Å². The van der Waals surface area contributed by atoms with Gasteiger partial charge >= 0.3 is 0 Å². The molecule has 0 aromatic heterocycles. The van der Waals surface area contributed by atoms with Gasteiger partial charge in [-0.25, -0.2) is 0 Å². The van der Waals surface area contributed by atoms with Crippen LogP contribution in [0.25, 0.3) is 0 Å². The number of hydrogen-bond acceptors (Lipinski definition) is 2. The molecule has 2 nitrogen and oxygen atoms in total. The summed E-state index contributed by atoms with van der Waals surface area (Å²) in [5.74, 6) is 0. The maximum atomic E-state index is 9.62. The van der Waals surface area contributed by atoms with E-state index >= 15 is 0 Å². The molecule has 0 radical (unpaired) electrons. The molecule has 2 heteroatoms. The zero-order chi connectivity index (χ0) is 10.6. The lowest BCUT2D eigenvalue weighted by atomic mass is 9.96. The molecule has 0 heterocycles. The van der Waals surface area contributed by atoms with Crippen LogP contribution >= 0.6 is 0 Å². The lowest BCUT2D eigenvalue weighted by molar-refractivity contribution is -0.166. The number of rotatable bonds is 3. The number of hydrogen-bond donors (Lipinski definition) is 1. The summed E-state index contributed by atoms with van der Waals surface area (Å²) in [6.07, 6.45) is -0.720. The van der Waals surface area contributed by atoms with E-state index in [1.54, 1.807) is 0 Å². The largest absolute Gasteiger partial charge is 0.367 e. The highest BCUT2D eigenvalue weighted by Crippen LogP contribution is 2.20. The summed E-state index contributed by atoms with van der Waals surface area (Å²) in [5.41, 5.74) is 0.852. The Bertz CT molecular complexity index is 261. The predicted molar refractivity (Wildman–Crippen MR) is 56.7 cm³/mol. The van der Waals surface area contributed by atoms with Crippen LogP contribution in [0.2, 0.25) is 0 Å². The minimum Gasteiger partial charge on any atom is -0.367 e. The van der Waals surface area contributed by atoms with Crippen LogP contribution in [0, 0.1) is 5.41 Å². The first kappa shape index (κ1) is 11.2. The molecule has 0 saturated heterocycles. The molecule has 78 valence electrons. The average Bonchev–Trinajstić information content (AvgIpc) is 2.14. The third-order valence-electron chi connectivity index (χ3n) is 1.99. The number of aliphatic hydroxyl groups is 1. The average molecular weight is 194 g/mol. The van der Waals surface area contributed by atoms with Gasteiger partial charge in [-0.15, -0.1) is 0 Å². The van der Waals surface area contributed by atoms with E-state index in [0.717, 1.165) is 5.56 Å². The van der Waals surface area contributed by atoms with Crippen molar-refractivity contribution >= 4 is 0 Å². The highest BCUT2D eigenvalue weighted by atomic mass is 16.6. The van der Waals surface area contributed by atoms with Crippen LogP contribution in [-0.2, 0) is 11.3 Å². The summed E-state index contributed by atoms with van der Waals surface area (Å²) < 4.78 is 5.35. The fraction of sp³-hybridized carbons (Fsp3) is 0.500. The highest BCUT2D eigenvalue weighted by molar-refractivity contribution is 5.13. The molecule has 1 unspecified atom stereocenters. The monoisotopic (exact) mass is 194 g/mol. The van der Waals surface area contributed by atoms with Gasteiger partial charge < -0.3 is 9.84 Å². The van der Waals surface area contributed by atoms with E-state index in [1.165, 1.54) is 0 Å². The summed E-state index contributed by atoms with van der Waals surface area (Å²) in [6, 6.07) is 9.85. The van der Waals surface area contributed by atoms with E-state index in [4.69, 9.17) is 4.74 Å². The summed E-state index contributed by atoms with van der Waals surface area (Å²) in [4.78, 5) is 0. The Kier molecular flexibility index (Phi) is 3.67. The molecule has 0 saturated carbocycles. The Labute approximate surface area is 85.5 Å². The van der Waals surface area contributed by atoms with Gasteiger partial charge in [0.15, 0.2) is 6.29 Å². The molecule has 14 heavy (non-hydrogen) atoms.